The summed E-state index contributed by atoms with van der Waals surface area (Å²) in [5.41, 5.74) is -0.207. The van der Waals surface area contributed by atoms with Gasteiger partial charge in [0.05, 0.1) is 15.6 Å². The van der Waals surface area contributed by atoms with Crippen LogP contribution in [0.2, 0.25) is 0 Å². The van der Waals surface area contributed by atoms with Crippen LogP contribution in [0, 0.1) is 10.1 Å². The van der Waals surface area contributed by atoms with Crippen LogP contribution in [0.25, 0.3) is 10.8 Å². The van der Waals surface area contributed by atoms with Crippen molar-refractivity contribution in [3.8, 4) is 10.8 Å². The molecule has 1 N–H and O–H groups in total. The summed E-state index contributed by atoms with van der Waals surface area (Å²) >= 11 is 2.43. The quantitative estimate of drug-likeness (QED) is 0.386. The molecule has 26 heavy (non-hydrogen) atoms. The van der Waals surface area contributed by atoms with Gasteiger partial charge in [0.2, 0.25) is 5.91 Å². The van der Waals surface area contributed by atoms with Crippen LogP contribution in [-0.2, 0) is 4.79 Å². The molecule has 0 saturated heterocycles. The van der Waals surface area contributed by atoms with E-state index < -0.39 is 16.7 Å². The van der Waals surface area contributed by atoms with Gasteiger partial charge < -0.3 is 4.42 Å². The highest BCUT2D eigenvalue weighted by Crippen LogP contribution is 2.26. The topological polar surface area (TPSA) is 128 Å². The lowest BCUT2D eigenvalue weighted by Gasteiger charge is -2.03. The van der Waals surface area contributed by atoms with E-state index >= 15 is 0 Å². The van der Waals surface area contributed by atoms with E-state index in [2.05, 4.69) is 15.5 Å². The molecule has 0 unspecified atom stereocenters. The Morgan fingerprint density at radius 2 is 2.12 bits per heavy atom. The maximum absolute atomic E-state index is 12.0. The molecule has 11 heteroatoms. The first-order valence-electron chi connectivity index (χ1n) is 7.12. The molecule has 0 atom stereocenters. The number of thioether (sulfide) groups is 1. The maximum Gasteiger partial charge on any atom is 0.277 e. The number of rotatable bonds is 6. The average Bonchev–Trinajstić information content (AvgIpc) is 3.31. The monoisotopic (exact) mass is 390 g/mol. The number of hydrogen-bond acceptors (Lipinski definition) is 9. The van der Waals surface area contributed by atoms with Crippen LogP contribution in [-0.4, -0.2) is 32.7 Å². The van der Waals surface area contributed by atoms with Crippen molar-refractivity contribution in [2.24, 2.45) is 0 Å². The number of carbonyl (C=O) groups is 2. The summed E-state index contributed by atoms with van der Waals surface area (Å²) in [6, 6.07) is 8.79. The minimum Gasteiger partial charge on any atom is -0.410 e. The number of nitrogens with zero attached hydrogens (tertiary/aromatic N) is 3. The standard InChI is InChI=1S/C15H10N4O5S2/c20-12(16-13(21)9-3-1-4-10(7-9)19(22)23)8-26-15-18-17-14(24-15)11-5-2-6-25-11/h1-7H,8H2,(H,16,20,21). The van der Waals surface area contributed by atoms with Gasteiger partial charge >= 0.3 is 0 Å². The number of carbonyl (C=O) groups excluding carboxylic acids is 2. The van der Waals surface area contributed by atoms with Crippen molar-refractivity contribution >= 4 is 40.6 Å². The summed E-state index contributed by atoms with van der Waals surface area (Å²) < 4.78 is 5.42. The molecule has 2 amide bonds. The smallest absolute Gasteiger partial charge is 0.277 e. The fourth-order valence-electron chi connectivity index (χ4n) is 1.89. The van der Waals surface area contributed by atoms with Gasteiger partial charge in [0, 0.05) is 17.7 Å². The predicted molar refractivity (Wildman–Crippen MR) is 93.9 cm³/mol. The molecule has 3 rings (SSSR count). The van der Waals surface area contributed by atoms with Gasteiger partial charge in [-0.1, -0.05) is 23.9 Å². The Hall–Kier alpha value is -3.05. The lowest BCUT2D eigenvalue weighted by Crippen LogP contribution is -2.31. The summed E-state index contributed by atoms with van der Waals surface area (Å²) in [5, 5.41) is 22.7. The van der Waals surface area contributed by atoms with Gasteiger partial charge in [-0.2, -0.15) is 0 Å². The average molecular weight is 390 g/mol. The lowest BCUT2D eigenvalue weighted by molar-refractivity contribution is -0.384. The fourth-order valence-corrected chi connectivity index (χ4v) is 3.10. The number of non-ortho nitro benzene ring substituents is 1. The van der Waals surface area contributed by atoms with Crippen LogP contribution < -0.4 is 5.32 Å². The van der Waals surface area contributed by atoms with Gasteiger partial charge in [-0.25, -0.2) is 0 Å². The van der Waals surface area contributed by atoms with Crippen LogP contribution in [0.15, 0.2) is 51.4 Å². The maximum atomic E-state index is 12.0. The van der Waals surface area contributed by atoms with Gasteiger partial charge in [0.25, 0.3) is 22.7 Å². The molecule has 1 aromatic carbocycles. The first kappa shape index (κ1) is 17.8. The summed E-state index contributed by atoms with van der Waals surface area (Å²) in [6.45, 7) is 0. The number of hydrogen-bond donors (Lipinski definition) is 1. The molecule has 0 aliphatic rings. The Morgan fingerprint density at radius 1 is 1.27 bits per heavy atom. The van der Waals surface area contributed by atoms with E-state index in [1.165, 1.54) is 29.5 Å². The minimum atomic E-state index is -0.718. The number of imide groups is 1. The number of amides is 2. The molecule has 2 aromatic heterocycles. The SMILES string of the molecule is O=C(CSc1nnc(-c2cccs2)o1)NC(=O)c1cccc([N+](=O)[O-])c1. The number of nitro groups is 1. The van der Waals surface area contributed by atoms with E-state index in [1.54, 1.807) is 0 Å². The van der Waals surface area contributed by atoms with Gasteiger partial charge in [0.15, 0.2) is 0 Å². The van der Waals surface area contributed by atoms with Crippen molar-refractivity contribution in [1.29, 1.82) is 0 Å². The minimum absolute atomic E-state index is 0.0234. The van der Waals surface area contributed by atoms with Crippen LogP contribution in [0.3, 0.4) is 0 Å². The molecule has 3 aromatic rings. The second-order valence-electron chi connectivity index (χ2n) is 4.82. The van der Waals surface area contributed by atoms with Gasteiger partial charge in [-0.3, -0.25) is 25.0 Å². The zero-order chi connectivity index (χ0) is 18.5. The van der Waals surface area contributed by atoms with E-state index in [-0.39, 0.29) is 22.2 Å². The molecule has 0 aliphatic carbocycles. The van der Waals surface area contributed by atoms with Gasteiger partial charge in [0.1, 0.15) is 0 Å². The second kappa shape index (κ2) is 7.89. The molecule has 132 valence electrons. The third-order valence-electron chi connectivity index (χ3n) is 3.04. The molecule has 0 aliphatic heterocycles. The molecule has 0 bridgehead atoms. The molecule has 0 radical (unpaired) electrons. The first-order chi connectivity index (χ1) is 12.5. The second-order valence-corrected chi connectivity index (χ2v) is 6.70. The molecule has 0 spiro atoms. The van der Waals surface area contributed by atoms with Crippen LogP contribution in [0.4, 0.5) is 5.69 Å². The molecule has 0 saturated carbocycles. The number of nitrogens with one attached hydrogen (secondary N) is 1. The Kier molecular flexibility index (Phi) is 5.39. The molecule has 0 fully saturated rings. The number of nitro benzene ring substituents is 1. The normalized spacial score (nSPS) is 10.5. The summed E-state index contributed by atoms with van der Waals surface area (Å²) in [6.07, 6.45) is 0. The highest BCUT2D eigenvalue weighted by atomic mass is 32.2. The van der Waals surface area contributed by atoms with Crippen molar-refractivity contribution in [3.63, 3.8) is 0 Å². The molecular formula is C15H10N4O5S2. The summed E-state index contributed by atoms with van der Waals surface area (Å²) in [7, 11) is 0. The van der Waals surface area contributed by atoms with Crippen molar-refractivity contribution < 1.29 is 18.9 Å². The van der Waals surface area contributed by atoms with E-state index in [9.17, 15) is 19.7 Å². The first-order valence-corrected chi connectivity index (χ1v) is 8.98. The Labute approximate surface area is 154 Å². The molecule has 9 nitrogen and oxygen atoms in total. The molecule has 2 heterocycles. The van der Waals surface area contributed by atoms with E-state index in [0.29, 0.717) is 5.89 Å². The Morgan fingerprint density at radius 3 is 2.85 bits per heavy atom. The number of aromatic nitrogens is 2. The van der Waals surface area contributed by atoms with E-state index in [0.717, 1.165) is 22.7 Å². The highest BCUT2D eigenvalue weighted by molar-refractivity contribution is 7.99. The van der Waals surface area contributed by atoms with Crippen molar-refractivity contribution in [2.45, 2.75) is 5.22 Å². The van der Waals surface area contributed by atoms with Crippen LogP contribution in [0.5, 0.6) is 0 Å². The third-order valence-corrected chi connectivity index (χ3v) is 4.71. The van der Waals surface area contributed by atoms with Crippen molar-refractivity contribution in [2.75, 3.05) is 5.75 Å². The van der Waals surface area contributed by atoms with Crippen molar-refractivity contribution in [3.05, 3.63) is 57.5 Å². The van der Waals surface area contributed by atoms with E-state index in [1.807, 2.05) is 17.5 Å². The highest BCUT2D eigenvalue weighted by Gasteiger charge is 2.16. The Bertz CT molecular complexity index is 955. The van der Waals surface area contributed by atoms with Gasteiger partial charge in [-0.15, -0.1) is 21.5 Å². The van der Waals surface area contributed by atoms with Crippen molar-refractivity contribution in [1.82, 2.24) is 15.5 Å². The molecular weight excluding hydrogens is 380 g/mol. The van der Waals surface area contributed by atoms with Gasteiger partial charge in [-0.05, 0) is 17.5 Å². The van der Waals surface area contributed by atoms with Crippen LogP contribution >= 0.6 is 23.1 Å². The zero-order valence-corrected chi connectivity index (χ0v) is 14.6. The predicted octanol–water partition coefficient (Wildman–Crippen LogP) is 2.76. The van der Waals surface area contributed by atoms with E-state index in [4.69, 9.17) is 4.42 Å². The summed E-state index contributed by atoms with van der Waals surface area (Å²) in [5.74, 6) is -1.06. The number of benzene rings is 1. The Balaban J connectivity index is 1.55. The third kappa shape index (κ3) is 4.32. The largest absolute Gasteiger partial charge is 0.410 e. The lowest BCUT2D eigenvalue weighted by atomic mass is 10.2. The van der Waals surface area contributed by atoms with Crippen LogP contribution in [0.1, 0.15) is 10.4 Å². The fraction of sp³-hybridized carbons (Fsp3) is 0.0667. The summed E-state index contributed by atoms with van der Waals surface area (Å²) in [4.78, 5) is 34.8. The number of thiophene rings is 1. The zero-order valence-electron chi connectivity index (χ0n) is 12.9.